The lowest BCUT2D eigenvalue weighted by molar-refractivity contribution is 0.249. The van der Waals surface area contributed by atoms with Crippen LogP contribution in [0.1, 0.15) is 39.5 Å². The first kappa shape index (κ1) is 15.8. The van der Waals surface area contributed by atoms with Gasteiger partial charge in [0.2, 0.25) is 0 Å². The standard InChI is InChI=1S/C15H23ClN2O/c1-3-5-6-12(4-2)11-17-15(19)18-14-9-7-13(16)8-10-14/h7-10,12H,3-6,11H2,1-2H3,(H2,17,18,19)/t12-/m0/s1. The Bertz CT molecular complexity index is 378. The Morgan fingerprint density at radius 1 is 1.26 bits per heavy atom. The highest BCUT2D eigenvalue weighted by Gasteiger charge is 2.08. The first-order valence-corrected chi connectivity index (χ1v) is 7.33. The van der Waals surface area contributed by atoms with Crippen LogP contribution >= 0.6 is 11.6 Å². The van der Waals surface area contributed by atoms with Gasteiger partial charge in [0.25, 0.3) is 0 Å². The third-order valence-electron chi connectivity index (χ3n) is 3.20. The minimum atomic E-state index is -0.155. The van der Waals surface area contributed by atoms with Crippen LogP contribution in [0.15, 0.2) is 24.3 Å². The lowest BCUT2D eigenvalue weighted by atomic mass is 9.99. The summed E-state index contributed by atoms with van der Waals surface area (Å²) in [5.41, 5.74) is 0.753. The summed E-state index contributed by atoms with van der Waals surface area (Å²) in [5.74, 6) is 0.566. The smallest absolute Gasteiger partial charge is 0.319 e. The SMILES string of the molecule is CCCC[C@H](CC)CNC(=O)Nc1ccc(Cl)cc1. The molecule has 3 nitrogen and oxygen atoms in total. The fourth-order valence-corrected chi connectivity index (χ4v) is 2.01. The van der Waals surface area contributed by atoms with E-state index in [1.807, 2.05) is 0 Å². The lowest BCUT2D eigenvalue weighted by Gasteiger charge is -2.15. The number of hydrogen-bond acceptors (Lipinski definition) is 1. The maximum absolute atomic E-state index is 11.7. The Balaban J connectivity index is 2.32. The number of carbonyl (C=O) groups is 1. The molecule has 0 fully saturated rings. The van der Waals surface area contributed by atoms with Crippen LogP contribution in [0, 0.1) is 5.92 Å². The zero-order valence-electron chi connectivity index (χ0n) is 11.7. The molecule has 0 saturated carbocycles. The summed E-state index contributed by atoms with van der Waals surface area (Å²) in [4.78, 5) is 11.7. The maximum Gasteiger partial charge on any atom is 0.319 e. The molecule has 0 radical (unpaired) electrons. The summed E-state index contributed by atoms with van der Waals surface area (Å²) in [6.07, 6.45) is 4.70. The van der Waals surface area contributed by atoms with E-state index in [4.69, 9.17) is 11.6 Å². The van der Waals surface area contributed by atoms with Crippen molar-refractivity contribution in [2.75, 3.05) is 11.9 Å². The molecule has 1 aromatic carbocycles. The second-order valence-electron chi connectivity index (χ2n) is 4.76. The van der Waals surface area contributed by atoms with Crippen molar-refractivity contribution in [2.45, 2.75) is 39.5 Å². The van der Waals surface area contributed by atoms with Crippen LogP contribution < -0.4 is 10.6 Å². The van der Waals surface area contributed by atoms with Crippen LogP contribution in [0.4, 0.5) is 10.5 Å². The molecule has 0 aromatic heterocycles. The molecule has 1 atom stereocenters. The van der Waals surface area contributed by atoms with E-state index in [-0.39, 0.29) is 6.03 Å². The number of nitrogens with one attached hydrogen (secondary N) is 2. The zero-order chi connectivity index (χ0) is 14.1. The van der Waals surface area contributed by atoms with Gasteiger partial charge < -0.3 is 10.6 Å². The van der Waals surface area contributed by atoms with Gasteiger partial charge in [0.1, 0.15) is 0 Å². The van der Waals surface area contributed by atoms with Gasteiger partial charge >= 0.3 is 6.03 Å². The summed E-state index contributed by atoms with van der Waals surface area (Å²) in [6.45, 7) is 5.09. The van der Waals surface area contributed by atoms with E-state index in [9.17, 15) is 4.79 Å². The van der Waals surface area contributed by atoms with Gasteiger partial charge in [-0.05, 0) is 36.6 Å². The van der Waals surface area contributed by atoms with E-state index in [1.54, 1.807) is 24.3 Å². The quantitative estimate of drug-likeness (QED) is 0.749. The molecule has 1 rings (SSSR count). The van der Waals surface area contributed by atoms with Crippen molar-refractivity contribution in [3.63, 3.8) is 0 Å². The van der Waals surface area contributed by atoms with Crippen LogP contribution in [0.2, 0.25) is 5.02 Å². The number of benzene rings is 1. The van der Waals surface area contributed by atoms with Crippen molar-refractivity contribution in [2.24, 2.45) is 5.92 Å². The van der Waals surface area contributed by atoms with Crippen molar-refractivity contribution in [3.8, 4) is 0 Å². The summed E-state index contributed by atoms with van der Waals surface area (Å²) in [6, 6.07) is 6.94. The molecule has 0 saturated heterocycles. The predicted molar refractivity (Wildman–Crippen MR) is 81.8 cm³/mol. The number of carbonyl (C=O) groups excluding carboxylic acids is 1. The zero-order valence-corrected chi connectivity index (χ0v) is 12.5. The normalized spacial score (nSPS) is 11.9. The number of amides is 2. The highest BCUT2D eigenvalue weighted by atomic mass is 35.5. The number of anilines is 1. The Morgan fingerprint density at radius 3 is 2.53 bits per heavy atom. The molecule has 0 unspecified atom stereocenters. The fraction of sp³-hybridized carbons (Fsp3) is 0.533. The van der Waals surface area contributed by atoms with Crippen molar-refractivity contribution in [1.29, 1.82) is 0 Å². The first-order valence-electron chi connectivity index (χ1n) is 6.96. The van der Waals surface area contributed by atoms with Crippen molar-refractivity contribution in [3.05, 3.63) is 29.3 Å². The monoisotopic (exact) mass is 282 g/mol. The topological polar surface area (TPSA) is 41.1 Å². The second kappa shape index (κ2) is 8.81. The minimum Gasteiger partial charge on any atom is -0.338 e. The average Bonchev–Trinajstić information content (AvgIpc) is 2.42. The molecule has 4 heteroatoms. The molecular weight excluding hydrogens is 260 g/mol. The summed E-state index contributed by atoms with van der Waals surface area (Å²) < 4.78 is 0. The molecule has 0 aliphatic rings. The van der Waals surface area contributed by atoms with Gasteiger partial charge in [-0.2, -0.15) is 0 Å². The minimum absolute atomic E-state index is 0.155. The van der Waals surface area contributed by atoms with Crippen molar-refractivity contribution in [1.82, 2.24) is 5.32 Å². The lowest BCUT2D eigenvalue weighted by Crippen LogP contribution is -2.33. The number of urea groups is 1. The molecule has 106 valence electrons. The van der Waals surface area contributed by atoms with E-state index in [1.165, 1.54) is 19.3 Å². The third kappa shape index (κ3) is 6.48. The number of rotatable bonds is 7. The average molecular weight is 283 g/mol. The Morgan fingerprint density at radius 2 is 1.95 bits per heavy atom. The van der Waals surface area contributed by atoms with Gasteiger partial charge in [0, 0.05) is 17.3 Å². The van der Waals surface area contributed by atoms with Gasteiger partial charge in [0.05, 0.1) is 0 Å². The molecule has 0 aliphatic carbocycles. The Hall–Kier alpha value is -1.22. The van der Waals surface area contributed by atoms with Gasteiger partial charge in [-0.25, -0.2) is 4.79 Å². The van der Waals surface area contributed by atoms with Crippen LogP contribution in [0.5, 0.6) is 0 Å². The molecule has 1 aromatic rings. The molecule has 2 amide bonds. The number of halogens is 1. The fourth-order valence-electron chi connectivity index (χ4n) is 1.89. The number of unbranched alkanes of at least 4 members (excludes halogenated alkanes) is 1. The van der Waals surface area contributed by atoms with Crippen molar-refractivity contribution < 1.29 is 4.79 Å². The van der Waals surface area contributed by atoms with Crippen molar-refractivity contribution >= 4 is 23.3 Å². The Labute approximate surface area is 120 Å². The molecule has 19 heavy (non-hydrogen) atoms. The van der Waals surface area contributed by atoms with Crippen LogP contribution in [-0.4, -0.2) is 12.6 Å². The summed E-state index contributed by atoms with van der Waals surface area (Å²) in [5, 5.41) is 6.38. The third-order valence-corrected chi connectivity index (χ3v) is 3.45. The predicted octanol–water partition coefficient (Wildman–Crippen LogP) is 4.68. The van der Waals surface area contributed by atoms with Gasteiger partial charge in [-0.15, -0.1) is 0 Å². The number of hydrogen-bond donors (Lipinski definition) is 2. The van der Waals surface area contributed by atoms with E-state index in [0.29, 0.717) is 10.9 Å². The largest absolute Gasteiger partial charge is 0.338 e. The molecule has 2 N–H and O–H groups in total. The summed E-state index contributed by atoms with van der Waals surface area (Å²) in [7, 11) is 0. The van der Waals surface area contributed by atoms with Gasteiger partial charge in [0.15, 0.2) is 0 Å². The summed E-state index contributed by atoms with van der Waals surface area (Å²) >= 11 is 5.79. The highest BCUT2D eigenvalue weighted by Crippen LogP contribution is 2.14. The molecule has 0 heterocycles. The highest BCUT2D eigenvalue weighted by molar-refractivity contribution is 6.30. The first-order chi connectivity index (χ1) is 9.15. The molecular formula is C15H23ClN2O. The van der Waals surface area contributed by atoms with E-state index in [2.05, 4.69) is 24.5 Å². The molecule has 0 bridgehead atoms. The van der Waals surface area contributed by atoms with Crippen LogP contribution in [-0.2, 0) is 0 Å². The molecule has 0 aliphatic heterocycles. The Kier molecular flexibility index (Phi) is 7.34. The second-order valence-corrected chi connectivity index (χ2v) is 5.19. The van der Waals surface area contributed by atoms with E-state index >= 15 is 0 Å². The molecule has 0 spiro atoms. The maximum atomic E-state index is 11.7. The van der Waals surface area contributed by atoms with E-state index < -0.39 is 0 Å². The van der Waals surface area contributed by atoms with Crippen LogP contribution in [0.25, 0.3) is 0 Å². The van der Waals surface area contributed by atoms with Gasteiger partial charge in [-0.3, -0.25) is 0 Å². The van der Waals surface area contributed by atoms with Gasteiger partial charge in [-0.1, -0.05) is 44.7 Å². The van der Waals surface area contributed by atoms with Crippen LogP contribution in [0.3, 0.4) is 0 Å². The van der Waals surface area contributed by atoms with E-state index in [0.717, 1.165) is 18.7 Å².